The van der Waals surface area contributed by atoms with Crippen LogP contribution in [0.1, 0.15) is 52.3 Å². The SMILES string of the molecule is Cc1cc(C(O)CN2CCC(O)(c3ccc4c(c3)COCC4)CC2)ccc1OCc1ccccc1. The predicted octanol–water partition coefficient (Wildman–Crippen LogP) is 4.66. The van der Waals surface area contributed by atoms with Gasteiger partial charge < -0.3 is 24.6 Å². The summed E-state index contributed by atoms with van der Waals surface area (Å²) in [5.74, 6) is 0.836. The Hall–Kier alpha value is -2.70. The van der Waals surface area contributed by atoms with Gasteiger partial charge in [-0.1, -0.05) is 54.6 Å². The molecule has 2 heterocycles. The number of benzene rings is 3. The molecule has 5 rings (SSSR count). The van der Waals surface area contributed by atoms with Gasteiger partial charge in [-0.05, 0) is 71.7 Å². The number of fused-ring (bicyclic) bond motifs is 1. The number of aryl methyl sites for hydroxylation is 1. The number of aliphatic hydroxyl groups is 2. The Morgan fingerprint density at radius 3 is 2.57 bits per heavy atom. The molecule has 2 aliphatic heterocycles. The van der Waals surface area contributed by atoms with Crippen molar-refractivity contribution in [3.05, 3.63) is 100 Å². The lowest BCUT2D eigenvalue weighted by molar-refractivity contribution is -0.0346. The van der Waals surface area contributed by atoms with Gasteiger partial charge in [0.1, 0.15) is 12.4 Å². The van der Waals surface area contributed by atoms with Gasteiger partial charge in [0.25, 0.3) is 0 Å². The average Bonchev–Trinajstić information content (AvgIpc) is 2.89. The van der Waals surface area contributed by atoms with Crippen molar-refractivity contribution in [1.82, 2.24) is 4.90 Å². The van der Waals surface area contributed by atoms with E-state index < -0.39 is 11.7 Å². The fourth-order valence-corrected chi connectivity index (χ4v) is 5.18. The molecule has 184 valence electrons. The van der Waals surface area contributed by atoms with E-state index >= 15 is 0 Å². The topological polar surface area (TPSA) is 62.2 Å². The van der Waals surface area contributed by atoms with Crippen molar-refractivity contribution in [1.29, 1.82) is 0 Å². The van der Waals surface area contributed by atoms with Gasteiger partial charge >= 0.3 is 0 Å². The predicted molar refractivity (Wildman–Crippen MR) is 136 cm³/mol. The summed E-state index contributed by atoms with van der Waals surface area (Å²) in [7, 11) is 0. The molecule has 0 radical (unpaired) electrons. The van der Waals surface area contributed by atoms with Crippen LogP contribution in [0.15, 0.2) is 66.7 Å². The van der Waals surface area contributed by atoms with E-state index in [1.54, 1.807) is 0 Å². The van der Waals surface area contributed by atoms with Gasteiger partial charge in [-0.25, -0.2) is 0 Å². The summed E-state index contributed by atoms with van der Waals surface area (Å²) in [5.41, 5.74) is 5.74. The van der Waals surface area contributed by atoms with E-state index in [1.807, 2.05) is 55.5 Å². The Labute approximate surface area is 207 Å². The van der Waals surface area contributed by atoms with Gasteiger partial charge in [0, 0.05) is 19.6 Å². The first-order chi connectivity index (χ1) is 17.0. The molecule has 3 aromatic rings. The highest BCUT2D eigenvalue weighted by Crippen LogP contribution is 2.35. The van der Waals surface area contributed by atoms with Gasteiger partial charge in [-0.15, -0.1) is 0 Å². The maximum Gasteiger partial charge on any atom is 0.122 e. The van der Waals surface area contributed by atoms with Gasteiger partial charge in [-0.3, -0.25) is 0 Å². The number of ether oxygens (including phenoxy) is 2. The second kappa shape index (κ2) is 10.5. The summed E-state index contributed by atoms with van der Waals surface area (Å²) in [5, 5.41) is 22.3. The van der Waals surface area contributed by atoms with E-state index in [-0.39, 0.29) is 0 Å². The standard InChI is InChI=1S/C30H35NO4/c1-22-17-25(8-10-29(22)35-20-23-5-3-2-4-6-23)28(32)19-31-14-12-30(33,13-15-31)27-9-7-24-11-16-34-21-26(24)18-27/h2-10,17-18,28,32-33H,11-16,19-21H2,1H3. The zero-order chi connectivity index (χ0) is 24.3. The molecule has 0 aliphatic carbocycles. The molecule has 35 heavy (non-hydrogen) atoms. The Morgan fingerprint density at radius 2 is 1.80 bits per heavy atom. The fraction of sp³-hybridized carbons (Fsp3) is 0.400. The van der Waals surface area contributed by atoms with Crippen LogP contribution in [0.3, 0.4) is 0 Å². The van der Waals surface area contributed by atoms with E-state index in [2.05, 4.69) is 23.1 Å². The molecular weight excluding hydrogens is 438 g/mol. The number of hydrogen-bond acceptors (Lipinski definition) is 5. The van der Waals surface area contributed by atoms with Crippen LogP contribution in [0.25, 0.3) is 0 Å². The van der Waals surface area contributed by atoms with Crippen molar-refractivity contribution in [3.63, 3.8) is 0 Å². The number of aliphatic hydroxyl groups excluding tert-OH is 1. The molecule has 5 heteroatoms. The van der Waals surface area contributed by atoms with E-state index in [0.717, 1.165) is 54.1 Å². The molecule has 0 spiro atoms. The summed E-state index contributed by atoms with van der Waals surface area (Å²) in [6.45, 7) is 6.00. The molecule has 2 aliphatic rings. The zero-order valence-corrected chi connectivity index (χ0v) is 20.5. The van der Waals surface area contributed by atoms with Crippen LogP contribution < -0.4 is 4.74 Å². The number of hydrogen-bond donors (Lipinski definition) is 2. The third-order valence-electron chi connectivity index (χ3n) is 7.45. The van der Waals surface area contributed by atoms with Crippen molar-refractivity contribution in [3.8, 4) is 5.75 Å². The third kappa shape index (κ3) is 5.60. The third-order valence-corrected chi connectivity index (χ3v) is 7.45. The van der Waals surface area contributed by atoms with Crippen molar-refractivity contribution in [2.75, 3.05) is 26.2 Å². The van der Waals surface area contributed by atoms with Gasteiger partial charge in [0.15, 0.2) is 0 Å². The minimum Gasteiger partial charge on any atom is -0.489 e. The Morgan fingerprint density at radius 1 is 1.00 bits per heavy atom. The molecule has 1 fully saturated rings. The Kier molecular flexibility index (Phi) is 7.21. The average molecular weight is 474 g/mol. The van der Waals surface area contributed by atoms with Crippen LogP contribution in [-0.2, 0) is 30.0 Å². The molecule has 3 aromatic carbocycles. The van der Waals surface area contributed by atoms with Crippen LogP contribution in [-0.4, -0.2) is 41.4 Å². The summed E-state index contributed by atoms with van der Waals surface area (Å²) >= 11 is 0. The summed E-state index contributed by atoms with van der Waals surface area (Å²) < 4.78 is 11.6. The van der Waals surface area contributed by atoms with Crippen LogP contribution in [0, 0.1) is 6.92 Å². The maximum absolute atomic E-state index is 11.4. The van der Waals surface area contributed by atoms with Crippen molar-refractivity contribution in [2.24, 2.45) is 0 Å². The number of nitrogens with zero attached hydrogens (tertiary/aromatic N) is 1. The molecule has 0 aromatic heterocycles. The second-order valence-electron chi connectivity index (χ2n) is 9.93. The van der Waals surface area contributed by atoms with Crippen LogP contribution in [0.5, 0.6) is 5.75 Å². The number of piperidine rings is 1. The lowest BCUT2D eigenvalue weighted by Gasteiger charge is -2.39. The summed E-state index contributed by atoms with van der Waals surface area (Å²) in [6, 6.07) is 22.4. The molecule has 1 unspecified atom stereocenters. The van der Waals surface area contributed by atoms with E-state index in [1.165, 1.54) is 11.1 Å². The molecule has 5 nitrogen and oxygen atoms in total. The van der Waals surface area contributed by atoms with Gasteiger partial charge in [0.2, 0.25) is 0 Å². The van der Waals surface area contributed by atoms with Gasteiger partial charge in [-0.2, -0.15) is 0 Å². The Balaban J connectivity index is 1.16. The largest absolute Gasteiger partial charge is 0.489 e. The Bertz CT molecular complexity index is 1140. The highest BCUT2D eigenvalue weighted by molar-refractivity contribution is 5.38. The van der Waals surface area contributed by atoms with E-state index in [9.17, 15) is 10.2 Å². The van der Waals surface area contributed by atoms with Gasteiger partial charge in [0.05, 0.1) is 24.9 Å². The number of likely N-dealkylation sites (tertiary alicyclic amines) is 1. The first-order valence-electron chi connectivity index (χ1n) is 12.6. The highest BCUT2D eigenvalue weighted by atomic mass is 16.5. The molecule has 0 amide bonds. The fourth-order valence-electron chi connectivity index (χ4n) is 5.18. The van der Waals surface area contributed by atoms with Crippen molar-refractivity contribution >= 4 is 0 Å². The summed E-state index contributed by atoms with van der Waals surface area (Å²) in [6.07, 6.45) is 1.68. The molecular formula is C30H35NO4. The summed E-state index contributed by atoms with van der Waals surface area (Å²) in [4.78, 5) is 2.25. The van der Waals surface area contributed by atoms with Crippen LogP contribution >= 0.6 is 0 Å². The molecule has 1 saturated heterocycles. The minimum absolute atomic E-state index is 0.525. The lowest BCUT2D eigenvalue weighted by Crippen LogP contribution is -2.44. The second-order valence-corrected chi connectivity index (χ2v) is 9.93. The molecule has 0 bridgehead atoms. The first-order valence-corrected chi connectivity index (χ1v) is 12.6. The first kappa shape index (κ1) is 24.0. The van der Waals surface area contributed by atoms with Crippen molar-refractivity contribution in [2.45, 2.75) is 51.1 Å². The number of rotatable bonds is 7. The monoisotopic (exact) mass is 473 g/mol. The van der Waals surface area contributed by atoms with Crippen LogP contribution in [0.4, 0.5) is 0 Å². The molecule has 2 N–H and O–H groups in total. The number of β-amino-alcohol motifs (C(OH)–C–C–N with tert-alkyl or cyclic N) is 1. The molecule has 1 atom stereocenters. The normalized spacial score (nSPS) is 18.6. The van der Waals surface area contributed by atoms with Crippen molar-refractivity contribution < 1.29 is 19.7 Å². The minimum atomic E-state index is -0.817. The quantitative estimate of drug-likeness (QED) is 0.523. The lowest BCUT2D eigenvalue weighted by atomic mass is 9.82. The van der Waals surface area contributed by atoms with E-state index in [0.29, 0.717) is 32.6 Å². The maximum atomic E-state index is 11.4. The smallest absolute Gasteiger partial charge is 0.122 e. The van der Waals surface area contributed by atoms with Crippen LogP contribution in [0.2, 0.25) is 0 Å². The van der Waals surface area contributed by atoms with E-state index in [4.69, 9.17) is 9.47 Å². The zero-order valence-electron chi connectivity index (χ0n) is 20.5. The molecule has 0 saturated carbocycles. The highest BCUT2D eigenvalue weighted by Gasteiger charge is 2.35.